The van der Waals surface area contributed by atoms with E-state index in [0.29, 0.717) is 23.7 Å². The summed E-state index contributed by atoms with van der Waals surface area (Å²) in [6.45, 7) is 1.16. The summed E-state index contributed by atoms with van der Waals surface area (Å²) in [7, 11) is 0. The van der Waals surface area contributed by atoms with Crippen molar-refractivity contribution in [3.8, 4) is 0 Å². The van der Waals surface area contributed by atoms with E-state index in [4.69, 9.17) is 23.2 Å². The number of H-pyrrole nitrogens is 1. The fourth-order valence-corrected chi connectivity index (χ4v) is 3.11. The van der Waals surface area contributed by atoms with Crippen molar-refractivity contribution < 1.29 is 9.59 Å². The molecular formula is C17H17Cl2N3O2. The minimum Gasteiger partial charge on any atom is -0.342 e. The molecule has 5 nitrogen and oxygen atoms in total. The lowest BCUT2D eigenvalue weighted by molar-refractivity contribution is -0.128. The predicted octanol–water partition coefficient (Wildman–Crippen LogP) is 3.42. The van der Waals surface area contributed by atoms with Gasteiger partial charge in [0.05, 0.1) is 11.1 Å². The number of carbonyl (C=O) groups excluding carboxylic acids is 2. The molecule has 2 aromatic rings. The van der Waals surface area contributed by atoms with Crippen molar-refractivity contribution in [2.45, 2.75) is 18.9 Å². The maximum absolute atomic E-state index is 12.5. The van der Waals surface area contributed by atoms with Gasteiger partial charge in [-0.05, 0) is 18.1 Å². The number of amides is 2. The molecule has 1 aromatic carbocycles. The molecule has 0 bridgehead atoms. The molecule has 1 saturated heterocycles. The Morgan fingerprint density at radius 1 is 1.29 bits per heavy atom. The molecule has 0 saturated carbocycles. The number of aromatic amines is 1. The smallest absolute Gasteiger partial charge is 0.268 e. The first-order valence-corrected chi connectivity index (χ1v) is 8.48. The van der Waals surface area contributed by atoms with Crippen molar-refractivity contribution in [2.75, 3.05) is 13.1 Å². The van der Waals surface area contributed by atoms with Crippen molar-refractivity contribution >= 4 is 35.0 Å². The summed E-state index contributed by atoms with van der Waals surface area (Å²) < 4.78 is 0. The second-order valence-corrected chi connectivity index (χ2v) is 6.51. The molecule has 7 heteroatoms. The molecule has 0 spiro atoms. The third-order valence-electron chi connectivity index (χ3n) is 4.05. The summed E-state index contributed by atoms with van der Waals surface area (Å²) in [5, 5.41) is 3.48. The number of nitrogens with zero attached hydrogens (tertiary/aromatic N) is 1. The van der Waals surface area contributed by atoms with E-state index in [-0.39, 0.29) is 23.0 Å². The van der Waals surface area contributed by atoms with Crippen LogP contribution in [-0.2, 0) is 4.79 Å². The van der Waals surface area contributed by atoms with E-state index in [1.54, 1.807) is 4.90 Å². The molecule has 1 aliphatic rings. The number of hydrogen-bond donors (Lipinski definition) is 2. The monoisotopic (exact) mass is 365 g/mol. The van der Waals surface area contributed by atoms with Crippen LogP contribution in [0.3, 0.4) is 0 Å². The Balaban J connectivity index is 1.79. The summed E-state index contributed by atoms with van der Waals surface area (Å²) >= 11 is 11.8. The Morgan fingerprint density at radius 2 is 2.04 bits per heavy atom. The third-order valence-corrected chi connectivity index (χ3v) is 4.74. The number of carbonyl (C=O) groups is 2. The van der Waals surface area contributed by atoms with Crippen molar-refractivity contribution in [2.24, 2.45) is 0 Å². The zero-order valence-corrected chi connectivity index (χ0v) is 14.4. The summed E-state index contributed by atoms with van der Waals surface area (Å²) in [6, 6.07) is 10.8. The topological polar surface area (TPSA) is 65.2 Å². The van der Waals surface area contributed by atoms with Gasteiger partial charge < -0.3 is 15.2 Å². The van der Waals surface area contributed by atoms with E-state index in [9.17, 15) is 9.59 Å². The van der Waals surface area contributed by atoms with Crippen molar-refractivity contribution in [1.82, 2.24) is 15.2 Å². The summed E-state index contributed by atoms with van der Waals surface area (Å²) in [4.78, 5) is 28.9. The van der Waals surface area contributed by atoms with Gasteiger partial charge in [0.2, 0.25) is 5.91 Å². The van der Waals surface area contributed by atoms with Crippen LogP contribution in [0.2, 0.25) is 10.2 Å². The molecule has 1 atom stereocenters. The van der Waals surface area contributed by atoms with Gasteiger partial charge in [-0.15, -0.1) is 0 Å². The molecule has 1 aromatic heterocycles. The molecule has 0 unspecified atom stereocenters. The quantitative estimate of drug-likeness (QED) is 0.852. The molecule has 1 aliphatic heterocycles. The molecule has 2 amide bonds. The summed E-state index contributed by atoms with van der Waals surface area (Å²) in [5.41, 5.74) is 1.23. The van der Waals surface area contributed by atoms with Gasteiger partial charge in [0.15, 0.2) is 0 Å². The number of benzene rings is 1. The molecule has 0 radical (unpaired) electrons. The summed E-state index contributed by atoms with van der Waals surface area (Å²) in [5.74, 6) is -0.194. The standard InChI is InChI=1S/C17H17Cl2N3O2/c18-12-9-13(20-16(12)19)17(24)21-14(11-5-2-1-3-6-11)10-22-8-4-7-15(22)23/h1-3,5-6,9,14,20H,4,7-8,10H2,(H,21,24)/t14-/m0/s1. The highest BCUT2D eigenvalue weighted by Crippen LogP contribution is 2.23. The molecule has 0 aliphatic carbocycles. The van der Waals surface area contributed by atoms with Crippen LogP contribution in [0.25, 0.3) is 0 Å². The van der Waals surface area contributed by atoms with Gasteiger partial charge in [0.1, 0.15) is 10.8 Å². The van der Waals surface area contributed by atoms with Crippen LogP contribution in [0.15, 0.2) is 36.4 Å². The van der Waals surface area contributed by atoms with E-state index in [1.807, 2.05) is 30.3 Å². The normalized spacial score (nSPS) is 15.6. The number of aromatic nitrogens is 1. The fourth-order valence-electron chi connectivity index (χ4n) is 2.80. The molecule has 2 heterocycles. The molecule has 126 valence electrons. The second kappa shape index (κ2) is 7.28. The van der Waals surface area contributed by atoms with Gasteiger partial charge in [-0.1, -0.05) is 53.5 Å². The van der Waals surface area contributed by atoms with Crippen LogP contribution in [0.4, 0.5) is 0 Å². The fraction of sp³-hybridized carbons (Fsp3) is 0.294. The van der Waals surface area contributed by atoms with Gasteiger partial charge in [0, 0.05) is 19.5 Å². The lowest BCUT2D eigenvalue weighted by Gasteiger charge is -2.25. The first kappa shape index (κ1) is 16.9. The summed E-state index contributed by atoms with van der Waals surface area (Å²) in [6.07, 6.45) is 1.42. The maximum Gasteiger partial charge on any atom is 0.268 e. The van der Waals surface area contributed by atoms with Crippen LogP contribution >= 0.6 is 23.2 Å². The third kappa shape index (κ3) is 3.74. The molecule has 1 fully saturated rings. The second-order valence-electron chi connectivity index (χ2n) is 5.72. The average Bonchev–Trinajstić information content (AvgIpc) is 3.13. The van der Waals surface area contributed by atoms with Crippen molar-refractivity contribution in [1.29, 1.82) is 0 Å². The van der Waals surface area contributed by atoms with E-state index < -0.39 is 0 Å². The number of nitrogens with one attached hydrogen (secondary N) is 2. The molecular weight excluding hydrogens is 349 g/mol. The highest BCUT2D eigenvalue weighted by Gasteiger charge is 2.26. The minimum absolute atomic E-state index is 0.121. The predicted molar refractivity (Wildman–Crippen MR) is 93.3 cm³/mol. The highest BCUT2D eigenvalue weighted by atomic mass is 35.5. The number of likely N-dealkylation sites (tertiary alicyclic amines) is 1. The van der Waals surface area contributed by atoms with E-state index in [1.165, 1.54) is 6.07 Å². The Hall–Kier alpha value is -1.98. The van der Waals surface area contributed by atoms with Crippen molar-refractivity contribution in [3.63, 3.8) is 0 Å². The largest absolute Gasteiger partial charge is 0.342 e. The Morgan fingerprint density at radius 3 is 2.62 bits per heavy atom. The first-order valence-electron chi connectivity index (χ1n) is 7.72. The number of halogens is 2. The Bertz CT molecular complexity index is 726. The van der Waals surface area contributed by atoms with Gasteiger partial charge in [-0.25, -0.2) is 0 Å². The van der Waals surface area contributed by atoms with E-state index >= 15 is 0 Å². The Kier molecular flexibility index (Phi) is 5.11. The molecule has 3 rings (SSSR count). The van der Waals surface area contributed by atoms with E-state index in [2.05, 4.69) is 10.3 Å². The van der Waals surface area contributed by atoms with Crippen LogP contribution in [-0.4, -0.2) is 34.8 Å². The zero-order valence-electron chi connectivity index (χ0n) is 12.9. The molecule has 2 N–H and O–H groups in total. The lowest BCUT2D eigenvalue weighted by Crippen LogP contribution is -2.38. The van der Waals surface area contributed by atoms with E-state index in [0.717, 1.165) is 18.5 Å². The van der Waals surface area contributed by atoms with Crippen LogP contribution in [0, 0.1) is 0 Å². The maximum atomic E-state index is 12.5. The van der Waals surface area contributed by atoms with Crippen LogP contribution in [0.1, 0.15) is 34.9 Å². The van der Waals surface area contributed by atoms with Crippen LogP contribution < -0.4 is 5.32 Å². The first-order chi connectivity index (χ1) is 11.5. The molecule has 24 heavy (non-hydrogen) atoms. The minimum atomic E-state index is -0.315. The number of hydrogen-bond acceptors (Lipinski definition) is 2. The van der Waals surface area contributed by atoms with Crippen molar-refractivity contribution in [3.05, 3.63) is 57.8 Å². The van der Waals surface area contributed by atoms with Gasteiger partial charge in [-0.3, -0.25) is 9.59 Å². The van der Waals surface area contributed by atoms with Gasteiger partial charge >= 0.3 is 0 Å². The van der Waals surface area contributed by atoms with Crippen LogP contribution in [0.5, 0.6) is 0 Å². The van der Waals surface area contributed by atoms with Gasteiger partial charge in [0.25, 0.3) is 5.91 Å². The highest BCUT2D eigenvalue weighted by molar-refractivity contribution is 6.41. The number of rotatable bonds is 5. The van der Waals surface area contributed by atoms with Gasteiger partial charge in [-0.2, -0.15) is 0 Å². The SMILES string of the molecule is O=C(N[C@@H](CN1CCCC1=O)c1ccccc1)c1cc(Cl)c(Cl)[nH]1. The average molecular weight is 366 g/mol. The lowest BCUT2D eigenvalue weighted by atomic mass is 10.1. The zero-order chi connectivity index (χ0) is 17.1. The Labute approximate surface area is 149 Å².